The molecule has 1 N–H and O–H groups in total. The predicted octanol–water partition coefficient (Wildman–Crippen LogP) is 2.26. The number of pyridine rings is 1. The van der Waals surface area contributed by atoms with E-state index in [4.69, 9.17) is 0 Å². The van der Waals surface area contributed by atoms with Gasteiger partial charge in [0, 0.05) is 24.5 Å². The Balaban J connectivity index is 2.40. The molecule has 23 heavy (non-hydrogen) atoms. The van der Waals surface area contributed by atoms with Crippen LogP contribution in [0.15, 0.2) is 24.5 Å². The van der Waals surface area contributed by atoms with Crippen molar-refractivity contribution in [3.8, 4) is 0 Å². The van der Waals surface area contributed by atoms with Gasteiger partial charge >= 0.3 is 0 Å². The number of rotatable bonds is 5. The van der Waals surface area contributed by atoms with E-state index in [2.05, 4.69) is 12.1 Å². The van der Waals surface area contributed by atoms with Gasteiger partial charge in [-0.25, -0.2) is 4.57 Å². The van der Waals surface area contributed by atoms with Crippen molar-refractivity contribution in [3.05, 3.63) is 30.1 Å². The zero-order valence-corrected chi connectivity index (χ0v) is 14.6. The lowest BCUT2D eigenvalue weighted by molar-refractivity contribution is -0.671. The number of hydrogen-bond donors (Lipinski definition) is 1. The van der Waals surface area contributed by atoms with Crippen LogP contribution in [-0.2, 0) is 22.1 Å². The third-order valence-electron chi connectivity index (χ3n) is 5.49. The van der Waals surface area contributed by atoms with Crippen molar-refractivity contribution in [2.75, 3.05) is 0 Å². The Morgan fingerprint density at radius 1 is 1.26 bits per heavy atom. The molecule has 2 rings (SSSR count). The van der Waals surface area contributed by atoms with Crippen LogP contribution in [0, 0.1) is 5.92 Å². The molecule has 0 saturated heterocycles. The fourth-order valence-corrected chi connectivity index (χ4v) is 3.86. The number of aromatic nitrogens is 1. The molecule has 1 aliphatic carbocycles. The third-order valence-corrected chi connectivity index (χ3v) is 5.49. The first-order chi connectivity index (χ1) is 10.7. The van der Waals surface area contributed by atoms with Crippen LogP contribution in [0.1, 0.15) is 58.4 Å². The summed E-state index contributed by atoms with van der Waals surface area (Å²) >= 11 is 0. The fourth-order valence-electron chi connectivity index (χ4n) is 3.86. The maximum absolute atomic E-state index is 12.1. The molecule has 4 heteroatoms. The molecule has 1 fully saturated rings. The van der Waals surface area contributed by atoms with E-state index in [1.165, 1.54) is 5.56 Å². The molecule has 0 unspecified atom stereocenters. The Hall–Kier alpha value is -1.55. The van der Waals surface area contributed by atoms with Gasteiger partial charge in [-0.2, -0.15) is 0 Å². The molecule has 1 heterocycles. The van der Waals surface area contributed by atoms with Crippen molar-refractivity contribution in [1.29, 1.82) is 0 Å². The summed E-state index contributed by atoms with van der Waals surface area (Å²) in [6.45, 7) is 4.93. The van der Waals surface area contributed by atoms with Crippen molar-refractivity contribution in [2.24, 2.45) is 13.0 Å². The lowest BCUT2D eigenvalue weighted by atomic mass is 9.58. The zero-order valence-electron chi connectivity index (χ0n) is 14.6. The minimum atomic E-state index is -0.953. The highest BCUT2D eigenvalue weighted by Crippen LogP contribution is 2.49. The number of carbonyl (C=O) groups excluding carboxylic acids is 2. The number of aliphatic hydroxyl groups is 1. The second kappa shape index (κ2) is 6.52. The lowest BCUT2D eigenvalue weighted by Crippen LogP contribution is -2.49. The molecule has 0 amide bonds. The molecule has 0 spiro atoms. The number of nitrogens with zero attached hydrogens (tertiary/aromatic N) is 1. The van der Waals surface area contributed by atoms with Crippen LogP contribution in [0.25, 0.3) is 0 Å². The summed E-state index contributed by atoms with van der Waals surface area (Å²) in [6.07, 6.45) is 7.22. The van der Waals surface area contributed by atoms with Crippen LogP contribution in [0.2, 0.25) is 0 Å². The van der Waals surface area contributed by atoms with Gasteiger partial charge in [0.05, 0.1) is 5.60 Å². The molecule has 0 bridgehead atoms. The molecule has 4 nitrogen and oxygen atoms in total. The lowest BCUT2D eigenvalue weighted by Gasteiger charge is -2.47. The smallest absolute Gasteiger partial charge is 0.168 e. The Labute approximate surface area is 138 Å². The van der Waals surface area contributed by atoms with Crippen molar-refractivity contribution in [1.82, 2.24) is 0 Å². The Bertz CT molecular complexity index is 591. The molecular formula is C19H28NO3+. The quantitative estimate of drug-likeness (QED) is 0.847. The summed E-state index contributed by atoms with van der Waals surface area (Å²) < 4.78 is 1.98. The molecular weight excluding hydrogens is 290 g/mol. The van der Waals surface area contributed by atoms with E-state index in [1.54, 1.807) is 20.8 Å². The van der Waals surface area contributed by atoms with E-state index < -0.39 is 5.60 Å². The number of carbonyl (C=O) groups is 2. The fraction of sp³-hybridized carbons (Fsp3) is 0.632. The van der Waals surface area contributed by atoms with Crippen LogP contribution in [0.5, 0.6) is 0 Å². The van der Waals surface area contributed by atoms with E-state index in [1.807, 2.05) is 24.0 Å². The topological polar surface area (TPSA) is 58.2 Å². The second-order valence-corrected chi connectivity index (χ2v) is 7.46. The van der Waals surface area contributed by atoms with Crippen molar-refractivity contribution in [2.45, 2.75) is 63.9 Å². The summed E-state index contributed by atoms with van der Waals surface area (Å²) in [5, 5.41) is 10.6. The van der Waals surface area contributed by atoms with Gasteiger partial charge in [-0.1, -0.05) is 0 Å². The number of aryl methyl sites for hydroxylation is 1. The van der Waals surface area contributed by atoms with Crippen LogP contribution >= 0.6 is 0 Å². The number of Topliss-reactive ketones (excluding diaryl/α,β-unsaturated/α-hetero) is 2. The molecule has 1 aliphatic rings. The first kappa shape index (κ1) is 17.8. The molecule has 0 aromatic carbocycles. The van der Waals surface area contributed by atoms with Gasteiger partial charge in [-0.3, -0.25) is 4.79 Å². The van der Waals surface area contributed by atoms with E-state index in [0.29, 0.717) is 19.3 Å². The normalized spacial score (nSPS) is 30.9. The minimum Gasteiger partial charge on any atom is -0.389 e. The maximum atomic E-state index is 12.1. The third kappa shape index (κ3) is 3.86. The van der Waals surface area contributed by atoms with E-state index in [0.717, 1.165) is 12.8 Å². The highest BCUT2D eigenvalue weighted by atomic mass is 16.3. The minimum absolute atomic E-state index is 0.0309. The van der Waals surface area contributed by atoms with Gasteiger partial charge in [0.25, 0.3) is 0 Å². The SMILES string of the molecule is CC(=O)CC[C@]1(c2cc[n+](C)cc2)CC[C@](C)(O)[C@H](C(C)=O)C1. The molecule has 0 radical (unpaired) electrons. The van der Waals surface area contributed by atoms with Crippen molar-refractivity contribution < 1.29 is 19.3 Å². The summed E-state index contributed by atoms with van der Waals surface area (Å²) in [5.74, 6) is -0.178. The predicted molar refractivity (Wildman–Crippen MR) is 87.9 cm³/mol. The van der Waals surface area contributed by atoms with Crippen LogP contribution in [0.3, 0.4) is 0 Å². The summed E-state index contributed by atoms with van der Waals surface area (Å²) in [5.41, 5.74) is 0.00219. The van der Waals surface area contributed by atoms with Crippen molar-refractivity contribution in [3.63, 3.8) is 0 Å². The Morgan fingerprint density at radius 3 is 2.39 bits per heavy atom. The van der Waals surface area contributed by atoms with Gasteiger partial charge in [0.2, 0.25) is 0 Å². The summed E-state index contributed by atoms with van der Waals surface area (Å²) in [6, 6.07) is 4.16. The van der Waals surface area contributed by atoms with Gasteiger partial charge in [-0.05, 0) is 57.4 Å². The first-order valence-corrected chi connectivity index (χ1v) is 8.34. The molecule has 0 aliphatic heterocycles. The maximum Gasteiger partial charge on any atom is 0.168 e. The Kier molecular flexibility index (Phi) is 5.04. The van der Waals surface area contributed by atoms with E-state index >= 15 is 0 Å². The molecule has 1 aromatic heterocycles. The van der Waals surface area contributed by atoms with Crippen LogP contribution < -0.4 is 4.57 Å². The van der Waals surface area contributed by atoms with Gasteiger partial charge in [0.1, 0.15) is 18.6 Å². The van der Waals surface area contributed by atoms with Gasteiger partial charge < -0.3 is 9.90 Å². The Morgan fingerprint density at radius 2 is 1.87 bits per heavy atom. The largest absolute Gasteiger partial charge is 0.389 e. The highest BCUT2D eigenvalue weighted by molar-refractivity contribution is 5.80. The number of hydrogen-bond acceptors (Lipinski definition) is 3. The first-order valence-electron chi connectivity index (χ1n) is 8.34. The summed E-state index contributed by atoms with van der Waals surface area (Å²) in [7, 11) is 1.97. The molecule has 3 atom stereocenters. The zero-order chi connectivity index (χ0) is 17.3. The monoisotopic (exact) mass is 318 g/mol. The highest BCUT2D eigenvalue weighted by Gasteiger charge is 2.48. The van der Waals surface area contributed by atoms with E-state index in [9.17, 15) is 14.7 Å². The molecule has 1 aromatic rings. The standard InChI is InChI=1S/C19H28NO3/c1-14(21)5-8-19(16-6-11-20(4)12-7-16)10-9-18(3,23)17(13-19)15(2)22/h6-7,11-12,17,23H,5,8-10,13H2,1-4H3/q+1/t17-,18-,19-/m0/s1. The van der Waals surface area contributed by atoms with E-state index in [-0.39, 0.29) is 22.9 Å². The van der Waals surface area contributed by atoms with Crippen LogP contribution in [-0.4, -0.2) is 22.3 Å². The second-order valence-electron chi connectivity index (χ2n) is 7.46. The average molecular weight is 318 g/mol. The molecule has 1 saturated carbocycles. The van der Waals surface area contributed by atoms with Gasteiger partial charge in [-0.15, -0.1) is 0 Å². The average Bonchev–Trinajstić information content (AvgIpc) is 2.47. The van der Waals surface area contributed by atoms with Crippen molar-refractivity contribution >= 4 is 11.6 Å². The van der Waals surface area contributed by atoms with Crippen LogP contribution in [0.4, 0.5) is 0 Å². The van der Waals surface area contributed by atoms with Gasteiger partial charge in [0.15, 0.2) is 12.4 Å². The molecule has 126 valence electrons. The summed E-state index contributed by atoms with van der Waals surface area (Å²) in [4.78, 5) is 23.6. The number of ketones is 2.